The highest BCUT2D eigenvalue weighted by Gasteiger charge is 2.34. The lowest BCUT2D eigenvalue weighted by atomic mass is 9.90. The van der Waals surface area contributed by atoms with Crippen LogP contribution in [0.2, 0.25) is 0 Å². The molecule has 1 amide bonds. The van der Waals surface area contributed by atoms with Crippen LogP contribution >= 0.6 is 0 Å². The number of nitrogens with zero attached hydrogens (tertiary/aromatic N) is 1. The lowest BCUT2D eigenvalue weighted by Gasteiger charge is -2.33. The van der Waals surface area contributed by atoms with Crippen molar-refractivity contribution >= 4 is 11.6 Å². The van der Waals surface area contributed by atoms with Crippen LogP contribution in [0, 0.1) is 11.3 Å². The summed E-state index contributed by atoms with van der Waals surface area (Å²) >= 11 is 0. The van der Waals surface area contributed by atoms with Crippen molar-refractivity contribution in [2.75, 3.05) is 18.5 Å². The van der Waals surface area contributed by atoms with E-state index in [9.17, 15) is 4.79 Å². The second-order valence-electron chi connectivity index (χ2n) is 5.14. The fourth-order valence-corrected chi connectivity index (χ4v) is 2.27. The highest BCUT2D eigenvalue weighted by Crippen LogP contribution is 2.22. The molecule has 0 spiro atoms. The summed E-state index contributed by atoms with van der Waals surface area (Å²) in [6, 6.07) is 8.94. The average Bonchev–Trinajstić information content (AvgIpc) is 2.47. The molecule has 0 aromatic heterocycles. The Bertz CT molecular complexity index is 499. The zero-order chi connectivity index (χ0) is 14.4. The van der Waals surface area contributed by atoms with Crippen LogP contribution in [-0.4, -0.2) is 24.6 Å². The number of ether oxygens (including phenoxy) is 1. The summed E-state index contributed by atoms with van der Waals surface area (Å²) < 4.78 is 5.17. The summed E-state index contributed by atoms with van der Waals surface area (Å²) in [7, 11) is 0. The van der Waals surface area contributed by atoms with Crippen LogP contribution in [0.4, 0.5) is 5.69 Å². The van der Waals surface area contributed by atoms with Gasteiger partial charge >= 0.3 is 0 Å². The molecule has 106 valence electrons. The van der Waals surface area contributed by atoms with Gasteiger partial charge in [0.15, 0.2) is 6.61 Å². The highest BCUT2D eigenvalue weighted by molar-refractivity contribution is 5.97. The fraction of sp³-hybridized carbons (Fsp3) is 0.467. The van der Waals surface area contributed by atoms with Crippen LogP contribution in [0.3, 0.4) is 0 Å². The first-order valence-corrected chi connectivity index (χ1v) is 6.80. The third-order valence-electron chi connectivity index (χ3n) is 3.54. The van der Waals surface area contributed by atoms with Gasteiger partial charge in [0.2, 0.25) is 5.91 Å². The molecular formula is C15H19N3O2. The molecule has 0 saturated carbocycles. The molecule has 0 radical (unpaired) electrons. The Labute approximate surface area is 118 Å². The van der Waals surface area contributed by atoms with Gasteiger partial charge in [-0.1, -0.05) is 0 Å². The molecule has 1 unspecified atom stereocenters. The number of nitriles is 1. The summed E-state index contributed by atoms with van der Waals surface area (Å²) in [4.78, 5) is 12.3. The van der Waals surface area contributed by atoms with Crippen molar-refractivity contribution in [2.24, 2.45) is 0 Å². The van der Waals surface area contributed by atoms with Crippen LogP contribution in [0.1, 0.15) is 26.2 Å². The second-order valence-corrected chi connectivity index (χ2v) is 5.14. The Morgan fingerprint density at radius 2 is 2.20 bits per heavy atom. The van der Waals surface area contributed by atoms with E-state index in [-0.39, 0.29) is 12.5 Å². The maximum Gasteiger partial charge on any atom is 0.244 e. The first-order valence-electron chi connectivity index (χ1n) is 6.80. The van der Waals surface area contributed by atoms with E-state index in [1.807, 2.05) is 13.0 Å². The lowest BCUT2D eigenvalue weighted by molar-refractivity contribution is -0.122. The Kier molecular flexibility index (Phi) is 4.59. The van der Waals surface area contributed by atoms with Crippen LogP contribution in [-0.2, 0) is 4.79 Å². The molecule has 5 nitrogen and oxygen atoms in total. The van der Waals surface area contributed by atoms with Gasteiger partial charge in [-0.2, -0.15) is 5.26 Å². The van der Waals surface area contributed by atoms with Crippen molar-refractivity contribution in [3.8, 4) is 11.8 Å². The number of anilines is 1. The van der Waals surface area contributed by atoms with E-state index in [4.69, 9.17) is 10.00 Å². The molecule has 0 bridgehead atoms. The molecule has 2 N–H and O–H groups in total. The van der Waals surface area contributed by atoms with Crippen molar-refractivity contribution in [3.05, 3.63) is 24.3 Å². The van der Waals surface area contributed by atoms with Crippen LogP contribution in [0.5, 0.6) is 5.75 Å². The van der Waals surface area contributed by atoms with Crippen molar-refractivity contribution in [3.63, 3.8) is 0 Å². The van der Waals surface area contributed by atoms with Crippen molar-refractivity contribution < 1.29 is 9.53 Å². The largest absolute Gasteiger partial charge is 0.479 e. The fourth-order valence-electron chi connectivity index (χ4n) is 2.27. The van der Waals surface area contributed by atoms with Gasteiger partial charge in [-0.15, -0.1) is 0 Å². The molecule has 1 fully saturated rings. The number of benzene rings is 1. The minimum Gasteiger partial charge on any atom is -0.479 e. The van der Waals surface area contributed by atoms with E-state index in [1.165, 1.54) is 0 Å². The molecule has 2 rings (SSSR count). The SMILES string of the molecule is CC1(C(=O)Nc2ccc(OCC#N)cc2)CCCCN1. The first-order chi connectivity index (χ1) is 9.64. The monoisotopic (exact) mass is 273 g/mol. The summed E-state index contributed by atoms with van der Waals surface area (Å²) in [5.74, 6) is 0.606. The Balaban J connectivity index is 1.95. The summed E-state index contributed by atoms with van der Waals surface area (Å²) in [5, 5.41) is 14.6. The van der Waals surface area contributed by atoms with Gasteiger partial charge in [-0.05, 0) is 57.0 Å². The van der Waals surface area contributed by atoms with E-state index in [2.05, 4.69) is 10.6 Å². The third kappa shape index (κ3) is 3.49. The van der Waals surface area contributed by atoms with Crippen LogP contribution in [0.25, 0.3) is 0 Å². The number of rotatable bonds is 4. The van der Waals surface area contributed by atoms with Crippen LogP contribution < -0.4 is 15.4 Å². The predicted octanol–water partition coefficient (Wildman–Crippen LogP) is 2.06. The Morgan fingerprint density at radius 3 is 2.80 bits per heavy atom. The number of hydrogen-bond donors (Lipinski definition) is 2. The van der Waals surface area contributed by atoms with Crippen LogP contribution in [0.15, 0.2) is 24.3 Å². The summed E-state index contributed by atoms with van der Waals surface area (Å²) in [6.45, 7) is 2.84. The molecule has 1 aromatic rings. The lowest BCUT2D eigenvalue weighted by Crippen LogP contribution is -2.54. The predicted molar refractivity (Wildman–Crippen MR) is 76.4 cm³/mol. The number of nitrogens with one attached hydrogen (secondary N) is 2. The molecule has 5 heteroatoms. The molecule has 20 heavy (non-hydrogen) atoms. The van der Waals surface area contributed by atoms with Gasteiger partial charge in [0.05, 0.1) is 5.54 Å². The number of carbonyl (C=O) groups is 1. The van der Waals surface area contributed by atoms with E-state index >= 15 is 0 Å². The third-order valence-corrected chi connectivity index (χ3v) is 3.54. The minimum atomic E-state index is -0.492. The number of hydrogen-bond acceptors (Lipinski definition) is 4. The number of carbonyl (C=O) groups excluding carboxylic acids is 1. The van der Waals surface area contributed by atoms with E-state index < -0.39 is 5.54 Å². The smallest absolute Gasteiger partial charge is 0.244 e. The topological polar surface area (TPSA) is 74.1 Å². The van der Waals surface area contributed by atoms with Gasteiger partial charge < -0.3 is 15.4 Å². The van der Waals surface area contributed by atoms with E-state index in [0.29, 0.717) is 5.75 Å². The van der Waals surface area contributed by atoms with E-state index in [1.54, 1.807) is 24.3 Å². The van der Waals surface area contributed by atoms with Gasteiger partial charge in [0.1, 0.15) is 11.8 Å². The van der Waals surface area contributed by atoms with Crippen molar-refractivity contribution in [1.29, 1.82) is 5.26 Å². The standard InChI is InChI=1S/C15H19N3O2/c1-15(8-2-3-10-17-15)14(19)18-12-4-6-13(7-5-12)20-11-9-16/h4-7,17H,2-3,8,10-11H2,1H3,(H,18,19). The van der Waals surface area contributed by atoms with Crippen molar-refractivity contribution in [1.82, 2.24) is 5.32 Å². The molecule has 1 aromatic carbocycles. The second kappa shape index (κ2) is 6.40. The highest BCUT2D eigenvalue weighted by atomic mass is 16.5. The molecular weight excluding hydrogens is 254 g/mol. The quantitative estimate of drug-likeness (QED) is 0.880. The molecule has 1 atom stereocenters. The maximum atomic E-state index is 12.3. The zero-order valence-electron chi connectivity index (χ0n) is 11.6. The molecule has 1 heterocycles. The molecule has 1 saturated heterocycles. The van der Waals surface area contributed by atoms with E-state index in [0.717, 1.165) is 31.5 Å². The van der Waals surface area contributed by atoms with Gasteiger partial charge in [-0.25, -0.2) is 0 Å². The zero-order valence-corrected chi connectivity index (χ0v) is 11.6. The normalized spacial score (nSPS) is 21.8. The molecule has 1 aliphatic heterocycles. The minimum absolute atomic E-state index is 0.0112. The Hall–Kier alpha value is -2.06. The maximum absolute atomic E-state index is 12.3. The molecule has 0 aliphatic carbocycles. The Morgan fingerprint density at radius 1 is 1.45 bits per heavy atom. The molecule has 1 aliphatic rings. The summed E-state index contributed by atoms with van der Waals surface area (Å²) in [5.41, 5.74) is 0.238. The van der Waals surface area contributed by atoms with Crippen molar-refractivity contribution in [2.45, 2.75) is 31.7 Å². The number of amides is 1. The van der Waals surface area contributed by atoms with Gasteiger partial charge in [0.25, 0.3) is 0 Å². The van der Waals surface area contributed by atoms with Gasteiger partial charge in [0, 0.05) is 5.69 Å². The first kappa shape index (κ1) is 14.4. The average molecular weight is 273 g/mol. The van der Waals surface area contributed by atoms with Gasteiger partial charge in [-0.3, -0.25) is 4.79 Å². The number of piperidine rings is 1. The summed E-state index contributed by atoms with van der Waals surface area (Å²) in [6.07, 6.45) is 3.04.